The Kier molecular flexibility index (Phi) is 4.32. The van der Waals surface area contributed by atoms with Crippen LogP contribution in [-0.2, 0) is 6.54 Å². The third kappa shape index (κ3) is 3.55. The van der Waals surface area contributed by atoms with Gasteiger partial charge in [0.1, 0.15) is 5.82 Å². The van der Waals surface area contributed by atoms with Gasteiger partial charge in [0.2, 0.25) is 0 Å². The summed E-state index contributed by atoms with van der Waals surface area (Å²) < 4.78 is 14.9. The number of hydrogen-bond donors (Lipinski definition) is 2. The van der Waals surface area contributed by atoms with E-state index in [1.54, 1.807) is 40.5 Å². The van der Waals surface area contributed by atoms with Gasteiger partial charge in [-0.05, 0) is 35.2 Å². The van der Waals surface area contributed by atoms with E-state index in [4.69, 9.17) is 0 Å². The van der Waals surface area contributed by atoms with Crippen LogP contribution in [0.2, 0.25) is 0 Å². The average Bonchev–Trinajstić information content (AvgIpc) is 3.36. The topological polar surface area (TPSA) is 75.6 Å². The van der Waals surface area contributed by atoms with Crippen LogP contribution < -0.4 is 5.32 Å². The monoisotopic (exact) mass is 367 g/mol. The first-order valence-electron chi connectivity index (χ1n) is 7.85. The Morgan fingerprint density at radius 1 is 1.27 bits per heavy atom. The molecule has 0 aliphatic heterocycles. The molecule has 8 heteroatoms. The first-order chi connectivity index (χ1) is 12.7. The van der Waals surface area contributed by atoms with Gasteiger partial charge in [-0.15, -0.1) is 11.3 Å². The number of amides is 1. The van der Waals surface area contributed by atoms with Gasteiger partial charge in [0.05, 0.1) is 29.0 Å². The Morgan fingerprint density at radius 3 is 3.00 bits per heavy atom. The molecule has 0 saturated carbocycles. The lowest BCUT2D eigenvalue weighted by Crippen LogP contribution is -2.11. The molecule has 0 aliphatic carbocycles. The van der Waals surface area contributed by atoms with E-state index in [0.29, 0.717) is 17.9 Å². The fraction of sp³-hybridized carbons (Fsp3) is 0.0556. The predicted molar refractivity (Wildman–Crippen MR) is 97.6 cm³/mol. The Morgan fingerprint density at radius 2 is 2.19 bits per heavy atom. The summed E-state index contributed by atoms with van der Waals surface area (Å²) in [4.78, 5) is 13.3. The molecule has 3 aromatic heterocycles. The van der Waals surface area contributed by atoms with Crippen molar-refractivity contribution in [2.24, 2.45) is 0 Å². The molecule has 1 amide bonds. The number of rotatable bonds is 5. The second kappa shape index (κ2) is 6.93. The van der Waals surface area contributed by atoms with Gasteiger partial charge in [0.25, 0.3) is 5.91 Å². The van der Waals surface area contributed by atoms with Crippen molar-refractivity contribution < 1.29 is 9.18 Å². The molecule has 3 heterocycles. The minimum Gasteiger partial charge on any atom is -0.318 e. The average molecular weight is 367 g/mol. The van der Waals surface area contributed by atoms with Crippen molar-refractivity contribution in [3.8, 4) is 10.6 Å². The number of anilines is 1. The second-order valence-electron chi connectivity index (χ2n) is 5.65. The first-order valence-corrected chi connectivity index (χ1v) is 8.73. The van der Waals surface area contributed by atoms with Crippen LogP contribution in [-0.4, -0.2) is 25.9 Å². The van der Waals surface area contributed by atoms with Crippen molar-refractivity contribution >= 4 is 22.9 Å². The predicted octanol–water partition coefficient (Wildman–Crippen LogP) is 3.77. The van der Waals surface area contributed by atoms with Crippen molar-refractivity contribution in [1.29, 1.82) is 0 Å². The Bertz CT molecular complexity index is 1040. The molecule has 0 atom stereocenters. The van der Waals surface area contributed by atoms with Crippen molar-refractivity contribution in [3.05, 3.63) is 77.3 Å². The van der Waals surface area contributed by atoms with Gasteiger partial charge in [-0.2, -0.15) is 10.2 Å². The molecule has 0 spiro atoms. The van der Waals surface area contributed by atoms with Gasteiger partial charge in [-0.1, -0.05) is 18.2 Å². The van der Waals surface area contributed by atoms with E-state index in [1.165, 1.54) is 12.1 Å². The smallest absolute Gasteiger partial charge is 0.276 e. The number of thiophene rings is 1. The van der Waals surface area contributed by atoms with Crippen LogP contribution in [0.25, 0.3) is 10.6 Å². The van der Waals surface area contributed by atoms with Crippen molar-refractivity contribution in [2.45, 2.75) is 6.54 Å². The minimum atomic E-state index is -0.325. The highest BCUT2D eigenvalue weighted by Crippen LogP contribution is 2.23. The van der Waals surface area contributed by atoms with E-state index in [9.17, 15) is 9.18 Å². The molecule has 0 radical (unpaired) electrons. The van der Waals surface area contributed by atoms with E-state index in [0.717, 1.165) is 16.1 Å². The van der Waals surface area contributed by atoms with Gasteiger partial charge in [0.15, 0.2) is 5.69 Å². The summed E-state index contributed by atoms with van der Waals surface area (Å²) in [5.74, 6) is -0.613. The van der Waals surface area contributed by atoms with Crippen LogP contribution in [0.15, 0.2) is 60.2 Å². The summed E-state index contributed by atoms with van der Waals surface area (Å²) in [5, 5.41) is 15.8. The highest BCUT2D eigenvalue weighted by atomic mass is 32.1. The number of nitrogens with zero attached hydrogens (tertiary/aromatic N) is 3. The number of benzene rings is 1. The molecule has 0 bridgehead atoms. The van der Waals surface area contributed by atoms with E-state index in [-0.39, 0.29) is 11.7 Å². The maximum absolute atomic E-state index is 13.2. The first kappa shape index (κ1) is 16.2. The fourth-order valence-electron chi connectivity index (χ4n) is 2.53. The van der Waals surface area contributed by atoms with E-state index < -0.39 is 0 Å². The Labute approximate surface area is 152 Å². The molecule has 6 nitrogen and oxygen atoms in total. The van der Waals surface area contributed by atoms with E-state index in [1.807, 2.05) is 23.6 Å². The molecule has 0 unspecified atom stereocenters. The molecule has 4 rings (SSSR count). The zero-order valence-electron chi connectivity index (χ0n) is 13.5. The van der Waals surface area contributed by atoms with Crippen molar-refractivity contribution in [1.82, 2.24) is 20.0 Å². The molecular weight excluding hydrogens is 353 g/mol. The molecule has 130 valence electrons. The molecule has 0 aliphatic rings. The highest BCUT2D eigenvalue weighted by molar-refractivity contribution is 7.13. The quantitative estimate of drug-likeness (QED) is 0.564. The number of aromatic nitrogens is 4. The third-order valence-corrected chi connectivity index (χ3v) is 4.62. The Hall–Kier alpha value is -3.26. The van der Waals surface area contributed by atoms with E-state index >= 15 is 0 Å². The summed E-state index contributed by atoms with van der Waals surface area (Å²) >= 11 is 1.57. The Balaban J connectivity index is 1.43. The number of nitrogens with one attached hydrogen (secondary N) is 2. The summed E-state index contributed by atoms with van der Waals surface area (Å²) in [6.45, 7) is 0.415. The standard InChI is InChI=1S/C18H14FN5OS/c19-13-4-1-3-12(7-13)10-24-11-14(9-20-24)21-18(25)16-8-15(22-23-16)17-5-2-6-26-17/h1-9,11H,10H2,(H,21,25)(H,22,23). The van der Waals surface area contributed by atoms with Gasteiger partial charge in [0, 0.05) is 6.20 Å². The lowest BCUT2D eigenvalue weighted by Gasteiger charge is -2.02. The number of H-pyrrole nitrogens is 1. The van der Waals surface area contributed by atoms with Crippen molar-refractivity contribution in [2.75, 3.05) is 5.32 Å². The number of halogens is 1. The second-order valence-corrected chi connectivity index (χ2v) is 6.60. The lowest BCUT2D eigenvalue weighted by atomic mass is 10.2. The molecule has 2 N–H and O–H groups in total. The molecule has 1 aromatic carbocycles. The molecule has 4 aromatic rings. The highest BCUT2D eigenvalue weighted by Gasteiger charge is 2.13. The normalized spacial score (nSPS) is 10.8. The van der Waals surface area contributed by atoms with Crippen LogP contribution in [0.4, 0.5) is 10.1 Å². The SMILES string of the molecule is O=C(Nc1cnn(Cc2cccc(F)c2)c1)c1cc(-c2cccs2)[nH]n1. The lowest BCUT2D eigenvalue weighted by molar-refractivity contribution is 0.102. The number of hydrogen-bond acceptors (Lipinski definition) is 4. The minimum absolute atomic E-state index is 0.289. The van der Waals surface area contributed by atoms with Crippen molar-refractivity contribution in [3.63, 3.8) is 0 Å². The molecule has 26 heavy (non-hydrogen) atoms. The molecular formula is C18H14FN5OS. The van der Waals surface area contributed by atoms with Crippen LogP contribution in [0.5, 0.6) is 0 Å². The van der Waals surface area contributed by atoms with Crippen LogP contribution >= 0.6 is 11.3 Å². The van der Waals surface area contributed by atoms with E-state index in [2.05, 4.69) is 20.6 Å². The van der Waals surface area contributed by atoms with Crippen LogP contribution in [0.1, 0.15) is 16.1 Å². The maximum Gasteiger partial charge on any atom is 0.276 e. The molecule has 0 fully saturated rings. The summed E-state index contributed by atoms with van der Waals surface area (Å²) in [5.41, 5.74) is 2.43. The third-order valence-electron chi connectivity index (χ3n) is 3.72. The van der Waals surface area contributed by atoms with Crippen LogP contribution in [0.3, 0.4) is 0 Å². The summed E-state index contributed by atoms with van der Waals surface area (Å²) in [7, 11) is 0. The number of carbonyl (C=O) groups is 1. The summed E-state index contributed by atoms with van der Waals surface area (Å²) in [6.07, 6.45) is 3.24. The van der Waals surface area contributed by atoms with Crippen LogP contribution in [0, 0.1) is 5.82 Å². The largest absolute Gasteiger partial charge is 0.318 e. The summed E-state index contributed by atoms with van der Waals surface area (Å²) in [6, 6.07) is 11.9. The fourth-order valence-corrected chi connectivity index (χ4v) is 3.22. The zero-order chi connectivity index (χ0) is 17.9. The van der Waals surface area contributed by atoms with Gasteiger partial charge in [-0.25, -0.2) is 4.39 Å². The zero-order valence-corrected chi connectivity index (χ0v) is 14.3. The maximum atomic E-state index is 13.2. The molecule has 0 saturated heterocycles. The van der Waals surface area contributed by atoms with Gasteiger partial charge < -0.3 is 5.32 Å². The number of aromatic amines is 1. The van der Waals surface area contributed by atoms with Gasteiger partial charge >= 0.3 is 0 Å². The number of carbonyl (C=O) groups excluding carboxylic acids is 1. The van der Waals surface area contributed by atoms with Gasteiger partial charge in [-0.3, -0.25) is 14.6 Å².